The van der Waals surface area contributed by atoms with Gasteiger partial charge in [-0.3, -0.25) is 4.79 Å². The van der Waals surface area contributed by atoms with Gasteiger partial charge in [0.1, 0.15) is 0 Å². The Labute approximate surface area is 80.0 Å². The minimum atomic E-state index is -4.75. The zero-order valence-corrected chi connectivity index (χ0v) is 7.68. The van der Waals surface area contributed by atoms with Crippen LogP contribution in [0.4, 0.5) is 13.2 Å². The molecule has 0 unspecified atom stereocenters. The van der Waals surface area contributed by atoms with Crippen LogP contribution in [0.25, 0.3) is 0 Å². The van der Waals surface area contributed by atoms with Crippen molar-refractivity contribution in [3.05, 3.63) is 0 Å². The summed E-state index contributed by atoms with van der Waals surface area (Å²) >= 11 is 0. The molecule has 0 saturated carbocycles. The molecule has 0 radical (unpaired) electrons. The van der Waals surface area contributed by atoms with Gasteiger partial charge in [-0.2, -0.15) is 13.2 Å². The van der Waals surface area contributed by atoms with E-state index in [1.165, 1.54) is 0 Å². The topological polar surface area (TPSA) is 46.3 Å². The number of alkyl halides is 3. The van der Waals surface area contributed by atoms with Crippen molar-refractivity contribution in [1.29, 1.82) is 0 Å². The number of amides is 1. The molecule has 1 rings (SSSR count). The van der Waals surface area contributed by atoms with Crippen molar-refractivity contribution in [1.82, 2.24) is 4.90 Å². The fraction of sp³-hybridized carbons (Fsp3) is 0.875. The molecule has 1 aliphatic rings. The normalized spacial score (nSPS) is 23.7. The number of piperidine rings is 1. The zero-order valence-electron chi connectivity index (χ0n) is 7.68. The Balaban J connectivity index is 2.56. The van der Waals surface area contributed by atoms with Gasteiger partial charge in [-0.25, -0.2) is 0 Å². The lowest BCUT2D eigenvalue weighted by Crippen LogP contribution is -2.47. The highest BCUT2D eigenvalue weighted by molar-refractivity contribution is 5.81. The number of carbonyl (C=O) groups is 1. The third-order valence-electron chi connectivity index (χ3n) is 2.38. The van der Waals surface area contributed by atoms with Crippen LogP contribution in [0.15, 0.2) is 0 Å². The van der Waals surface area contributed by atoms with Gasteiger partial charge in [-0.05, 0) is 25.3 Å². The Morgan fingerprint density at radius 1 is 1.50 bits per heavy atom. The van der Waals surface area contributed by atoms with E-state index in [9.17, 15) is 18.0 Å². The first kappa shape index (κ1) is 11.3. The number of hydrogen-bond acceptors (Lipinski definition) is 2. The van der Waals surface area contributed by atoms with Crippen LogP contribution in [-0.4, -0.2) is 36.6 Å². The van der Waals surface area contributed by atoms with Gasteiger partial charge in [-0.15, -0.1) is 0 Å². The lowest BCUT2D eigenvalue weighted by Gasteiger charge is -2.32. The Kier molecular flexibility index (Phi) is 3.36. The van der Waals surface area contributed by atoms with Crippen molar-refractivity contribution in [2.24, 2.45) is 11.7 Å². The molecule has 1 fully saturated rings. The summed E-state index contributed by atoms with van der Waals surface area (Å²) in [6.45, 7) is 0.658. The van der Waals surface area contributed by atoms with Crippen molar-refractivity contribution >= 4 is 5.91 Å². The third-order valence-corrected chi connectivity index (χ3v) is 2.38. The highest BCUT2D eigenvalue weighted by Crippen LogP contribution is 2.23. The number of nitrogens with two attached hydrogens (primary N) is 1. The largest absolute Gasteiger partial charge is 0.471 e. The molecule has 82 valence electrons. The molecule has 0 aromatic carbocycles. The average Bonchev–Trinajstić information content (AvgIpc) is 2.15. The molecular weight excluding hydrogens is 197 g/mol. The summed E-state index contributed by atoms with van der Waals surface area (Å²) in [6, 6.07) is 0. The molecule has 0 bridgehead atoms. The first-order chi connectivity index (χ1) is 6.45. The molecule has 0 aromatic rings. The molecule has 2 N–H and O–H groups in total. The standard InChI is InChI=1S/C8H13F3N2O/c9-8(10,11)7(14)13-3-1-2-6(4-12)5-13/h6H,1-5,12H2/t6-/m1/s1. The molecule has 0 aromatic heterocycles. The minimum absolute atomic E-state index is 0.00931. The number of rotatable bonds is 1. The summed E-state index contributed by atoms with van der Waals surface area (Å²) in [5.74, 6) is -1.73. The molecular formula is C8H13F3N2O. The van der Waals surface area contributed by atoms with E-state index in [-0.39, 0.29) is 19.0 Å². The van der Waals surface area contributed by atoms with Crippen molar-refractivity contribution in [3.63, 3.8) is 0 Å². The SMILES string of the molecule is NC[C@H]1CCCN(C(=O)C(F)(F)F)C1. The van der Waals surface area contributed by atoms with E-state index in [4.69, 9.17) is 5.73 Å². The van der Waals surface area contributed by atoms with E-state index >= 15 is 0 Å². The predicted molar refractivity (Wildman–Crippen MR) is 44.4 cm³/mol. The molecule has 14 heavy (non-hydrogen) atoms. The number of hydrogen-bond donors (Lipinski definition) is 1. The second-order valence-electron chi connectivity index (χ2n) is 3.49. The number of likely N-dealkylation sites (tertiary alicyclic amines) is 1. The summed E-state index contributed by atoms with van der Waals surface area (Å²) in [7, 11) is 0. The molecule has 1 heterocycles. The minimum Gasteiger partial charge on any atom is -0.335 e. The smallest absolute Gasteiger partial charge is 0.335 e. The highest BCUT2D eigenvalue weighted by atomic mass is 19.4. The number of halogens is 3. The van der Waals surface area contributed by atoms with Gasteiger partial charge < -0.3 is 10.6 Å². The number of nitrogens with zero attached hydrogens (tertiary/aromatic N) is 1. The second-order valence-corrected chi connectivity index (χ2v) is 3.49. The zero-order chi connectivity index (χ0) is 10.8. The molecule has 1 atom stereocenters. The summed E-state index contributed by atoms with van der Waals surface area (Å²) in [4.78, 5) is 11.7. The van der Waals surface area contributed by atoms with E-state index in [2.05, 4.69) is 0 Å². The first-order valence-electron chi connectivity index (χ1n) is 4.51. The average molecular weight is 210 g/mol. The Hall–Kier alpha value is -0.780. The molecule has 3 nitrogen and oxygen atoms in total. The van der Waals surface area contributed by atoms with E-state index < -0.39 is 12.1 Å². The van der Waals surface area contributed by atoms with Crippen molar-refractivity contribution in [2.45, 2.75) is 19.0 Å². The quantitative estimate of drug-likeness (QED) is 0.694. The fourth-order valence-electron chi connectivity index (χ4n) is 1.62. The maximum Gasteiger partial charge on any atom is 0.471 e. The van der Waals surface area contributed by atoms with Crippen LogP contribution in [0.1, 0.15) is 12.8 Å². The molecule has 0 spiro atoms. The van der Waals surface area contributed by atoms with Crippen LogP contribution in [0, 0.1) is 5.92 Å². The Bertz CT molecular complexity index is 217. The van der Waals surface area contributed by atoms with E-state index in [0.29, 0.717) is 13.0 Å². The van der Waals surface area contributed by atoms with Gasteiger partial charge in [0.15, 0.2) is 0 Å². The monoisotopic (exact) mass is 210 g/mol. The van der Waals surface area contributed by atoms with E-state index in [0.717, 1.165) is 11.3 Å². The van der Waals surface area contributed by atoms with Crippen molar-refractivity contribution in [2.75, 3.05) is 19.6 Å². The molecule has 1 amide bonds. The van der Waals surface area contributed by atoms with E-state index in [1.807, 2.05) is 0 Å². The Morgan fingerprint density at radius 2 is 2.14 bits per heavy atom. The van der Waals surface area contributed by atoms with E-state index in [1.54, 1.807) is 0 Å². The van der Waals surface area contributed by atoms with Crippen molar-refractivity contribution < 1.29 is 18.0 Å². The second kappa shape index (κ2) is 4.16. The summed E-state index contributed by atoms with van der Waals surface area (Å²) in [5, 5.41) is 0. The molecule has 0 aliphatic carbocycles. The van der Waals surface area contributed by atoms with Crippen LogP contribution in [0.3, 0.4) is 0 Å². The Morgan fingerprint density at radius 3 is 2.64 bits per heavy atom. The lowest BCUT2D eigenvalue weighted by atomic mass is 9.98. The van der Waals surface area contributed by atoms with Crippen LogP contribution >= 0.6 is 0 Å². The van der Waals surface area contributed by atoms with Gasteiger partial charge in [-0.1, -0.05) is 0 Å². The highest BCUT2D eigenvalue weighted by Gasteiger charge is 2.43. The van der Waals surface area contributed by atoms with Crippen LogP contribution in [0.5, 0.6) is 0 Å². The molecule has 6 heteroatoms. The third kappa shape index (κ3) is 2.60. The van der Waals surface area contributed by atoms with Gasteiger partial charge in [0, 0.05) is 13.1 Å². The number of carbonyl (C=O) groups excluding carboxylic acids is 1. The van der Waals surface area contributed by atoms with Crippen LogP contribution < -0.4 is 5.73 Å². The molecule has 1 saturated heterocycles. The van der Waals surface area contributed by atoms with Gasteiger partial charge in [0.2, 0.25) is 0 Å². The van der Waals surface area contributed by atoms with Gasteiger partial charge in [0.25, 0.3) is 0 Å². The summed E-state index contributed by atoms with van der Waals surface area (Å²) in [6.07, 6.45) is -3.35. The molecule has 1 aliphatic heterocycles. The summed E-state index contributed by atoms with van der Waals surface area (Å²) < 4.78 is 36.1. The van der Waals surface area contributed by atoms with Crippen LogP contribution in [-0.2, 0) is 4.79 Å². The predicted octanol–water partition coefficient (Wildman–Crippen LogP) is 0.746. The fourth-order valence-corrected chi connectivity index (χ4v) is 1.62. The maximum absolute atomic E-state index is 12.0. The summed E-state index contributed by atoms with van der Waals surface area (Å²) in [5.41, 5.74) is 5.36. The first-order valence-corrected chi connectivity index (χ1v) is 4.51. The lowest BCUT2D eigenvalue weighted by molar-refractivity contribution is -0.187. The van der Waals surface area contributed by atoms with Gasteiger partial charge in [0.05, 0.1) is 0 Å². The van der Waals surface area contributed by atoms with Crippen LogP contribution in [0.2, 0.25) is 0 Å². The maximum atomic E-state index is 12.0. The van der Waals surface area contributed by atoms with Crippen molar-refractivity contribution in [3.8, 4) is 0 Å². The van der Waals surface area contributed by atoms with Gasteiger partial charge >= 0.3 is 12.1 Å².